The van der Waals surface area contributed by atoms with Crippen molar-refractivity contribution in [3.63, 3.8) is 0 Å². The summed E-state index contributed by atoms with van der Waals surface area (Å²) in [6, 6.07) is 63.0. The maximum Gasteiger partial charge on any atom is 0.0972 e. The van der Waals surface area contributed by atoms with Crippen LogP contribution in [0.3, 0.4) is 0 Å². The van der Waals surface area contributed by atoms with Crippen LogP contribution in [-0.4, -0.2) is 14.5 Å². The number of rotatable bonds is 4. The lowest BCUT2D eigenvalue weighted by Crippen LogP contribution is -1.95. The summed E-state index contributed by atoms with van der Waals surface area (Å²) in [7, 11) is 0. The van der Waals surface area contributed by atoms with Crippen LogP contribution in [0.1, 0.15) is 0 Å². The largest absolute Gasteiger partial charge is 0.309 e. The Balaban J connectivity index is 1.21. The van der Waals surface area contributed by atoms with Crippen LogP contribution in [0.4, 0.5) is 0 Å². The van der Waals surface area contributed by atoms with Gasteiger partial charge in [-0.1, -0.05) is 140 Å². The van der Waals surface area contributed by atoms with Gasteiger partial charge < -0.3 is 4.57 Å². The predicted molar refractivity (Wildman–Crippen MR) is 214 cm³/mol. The van der Waals surface area contributed by atoms with Crippen molar-refractivity contribution in [2.24, 2.45) is 0 Å². The number of nitrogens with zero attached hydrogens (tertiary/aromatic N) is 3. The molecule has 3 nitrogen and oxygen atoms in total. The van der Waals surface area contributed by atoms with Gasteiger partial charge in [0, 0.05) is 43.7 Å². The molecule has 0 atom stereocenters. The summed E-state index contributed by atoms with van der Waals surface area (Å²) in [6.45, 7) is 0. The van der Waals surface area contributed by atoms with Crippen molar-refractivity contribution in [2.75, 3.05) is 0 Å². The molecule has 11 aromatic rings. The third-order valence-electron chi connectivity index (χ3n) is 10.5. The lowest BCUT2D eigenvalue weighted by atomic mass is 9.90. The van der Waals surface area contributed by atoms with Crippen LogP contribution < -0.4 is 0 Å². The number of benzene rings is 8. The van der Waals surface area contributed by atoms with Gasteiger partial charge in [-0.2, -0.15) is 0 Å². The molecular weight excluding hydrogens is 619 g/mol. The zero-order chi connectivity index (χ0) is 33.5. The van der Waals surface area contributed by atoms with Crippen molar-refractivity contribution >= 4 is 65.2 Å². The molecule has 0 spiro atoms. The number of aromatic nitrogens is 3. The van der Waals surface area contributed by atoms with Gasteiger partial charge in [0.25, 0.3) is 0 Å². The van der Waals surface area contributed by atoms with E-state index in [1.54, 1.807) is 0 Å². The molecule has 0 bridgehead atoms. The quantitative estimate of drug-likeness (QED) is 0.178. The van der Waals surface area contributed by atoms with Gasteiger partial charge in [-0.05, 0) is 63.7 Å². The van der Waals surface area contributed by atoms with Gasteiger partial charge in [0.2, 0.25) is 0 Å². The lowest BCUT2D eigenvalue weighted by molar-refractivity contribution is 1.18. The third-order valence-corrected chi connectivity index (χ3v) is 10.5. The zero-order valence-electron chi connectivity index (χ0n) is 27.6. The number of pyridine rings is 2. The van der Waals surface area contributed by atoms with E-state index in [1.165, 1.54) is 54.5 Å². The minimum atomic E-state index is 0.917. The lowest BCUT2D eigenvalue weighted by Gasteiger charge is -2.14. The van der Waals surface area contributed by atoms with Crippen LogP contribution in [0.2, 0.25) is 0 Å². The molecule has 3 aromatic heterocycles. The van der Waals surface area contributed by atoms with E-state index in [1.807, 2.05) is 6.07 Å². The Kier molecular flexibility index (Phi) is 5.96. The van der Waals surface area contributed by atoms with E-state index in [9.17, 15) is 0 Å². The molecule has 51 heavy (non-hydrogen) atoms. The number of fused-ring (bicyclic) bond motifs is 6. The predicted octanol–water partition coefficient (Wildman–Crippen LogP) is 12.6. The average Bonchev–Trinajstić information content (AvgIpc) is 3.55. The molecule has 0 aliphatic carbocycles. The highest BCUT2D eigenvalue weighted by molar-refractivity contribution is 6.36. The Bertz CT molecular complexity index is 3120. The molecular formula is C48H29N3. The molecule has 0 radical (unpaired) electrons. The molecule has 0 saturated carbocycles. The first-order chi connectivity index (χ1) is 25.3. The Morgan fingerprint density at radius 3 is 1.71 bits per heavy atom. The molecule has 3 heteroatoms. The van der Waals surface area contributed by atoms with Gasteiger partial charge >= 0.3 is 0 Å². The first-order valence-corrected chi connectivity index (χ1v) is 17.4. The Hall–Kier alpha value is -6.84. The van der Waals surface area contributed by atoms with Crippen molar-refractivity contribution < 1.29 is 0 Å². The summed E-state index contributed by atoms with van der Waals surface area (Å²) < 4.78 is 2.44. The molecule has 3 heterocycles. The van der Waals surface area contributed by atoms with E-state index >= 15 is 0 Å². The fourth-order valence-corrected chi connectivity index (χ4v) is 8.22. The van der Waals surface area contributed by atoms with Gasteiger partial charge in [-0.3, -0.25) is 0 Å². The fourth-order valence-electron chi connectivity index (χ4n) is 8.22. The number of hydrogen-bond donors (Lipinski definition) is 0. The highest BCUT2D eigenvalue weighted by Gasteiger charge is 2.23. The summed E-state index contributed by atoms with van der Waals surface area (Å²) >= 11 is 0. The zero-order valence-corrected chi connectivity index (χ0v) is 27.6. The van der Waals surface area contributed by atoms with E-state index < -0.39 is 0 Å². The monoisotopic (exact) mass is 647 g/mol. The molecule has 0 aliphatic heterocycles. The minimum Gasteiger partial charge on any atom is -0.309 e. The topological polar surface area (TPSA) is 30.7 Å². The van der Waals surface area contributed by atoms with Gasteiger partial charge in [-0.25, -0.2) is 9.97 Å². The molecule has 11 rings (SSSR count). The van der Waals surface area contributed by atoms with Crippen LogP contribution in [-0.2, 0) is 0 Å². The summed E-state index contributed by atoms with van der Waals surface area (Å²) in [5.41, 5.74) is 11.9. The van der Waals surface area contributed by atoms with Crippen molar-refractivity contribution in [2.45, 2.75) is 0 Å². The highest BCUT2D eigenvalue weighted by atomic mass is 15.0. The Morgan fingerprint density at radius 1 is 0.353 bits per heavy atom. The normalized spacial score (nSPS) is 11.9. The SMILES string of the molecule is c1ccc(-c2cccc(-n3c4cccc5c6ccccc6c6c(-c7ccc8ccc9ccc(-c%10ccccc%10)nc9c8n7)ccc3c6c54)c2)cc1. The maximum absolute atomic E-state index is 5.44. The molecule has 0 amide bonds. The Morgan fingerprint density at radius 2 is 0.922 bits per heavy atom. The second kappa shape index (κ2) is 10.8. The summed E-state index contributed by atoms with van der Waals surface area (Å²) in [6.07, 6.45) is 0. The van der Waals surface area contributed by atoms with Crippen molar-refractivity contribution in [3.05, 3.63) is 176 Å². The minimum absolute atomic E-state index is 0.917. The standard InChI is InChI=1S/C48H29N3/c1-3-11-30(12-4-1)34-15-9-16-35(29-34)51-42-20-10-19-38-36-17-7-8-18-37(36)44-39(25-28-43(51)46(44)45(38)42)41-27-24-33-22-21-32-23-26-40(31-13-5-2-6-14-31)49-47(32)48(33)50-41/h1-29H. The van der Waals surface area contributed by atoms with Crippen molar-refractivity contribution in [3.8, 4) is 39.3 Å². The molecule has 0 fully saturated rings. The second-order valence-electron chi connectivity index (χ2n) is 13.3. The average molecular weight is 648 g/mol. The summed E-state index contributed by atoms with van der Waals surface area (Å²) in [5, 5.41) is 9.70. The molecule has 236 valence electrons. The molecule has 8 aromatic carbocycles. The molecule has 0 N–H and O–H groups in total. The Labute approximate surface area is 294 Å². The van der Waals surface area contributed by atoms with Crippen molar-refractivity contribution in [1.82, 2.24) is 14.5 Å². The summed E-state index contributed by atoms with van der Waals surface area (Å²) in [5.74, 6) is 0. The molecule has 0 unspecified atom stereocenters. The first kappa shape index (κ1) is 28.0. The third kappa shape index (κ3) is 4.19. The molecule has 0 aliphatic rings. The first-order valence-electron chi connectivity index (χ1n) is 17.4. The van der Waals surface area contributed by atoms with Crippen molar-refractivity contribution in [1.29, 1.82) is 0 Å². The smallest absolute Gasteiger partial charge is 0.0972 e. The van der Waals surface area contributed by atoms with Crippen LogP contribution in [0, 0.1) is 0 Å². The van der Waals surface area contributed by atoms with Crippen LogP contribution in [0.25, 0.3) is 104 Å². The van der Waals surface area contributed by atoms with Gasteiger partial charge in [-0.15, -0.1) is 0 Å². The molecule has 0 saturated heterocycles. The maximum atomic E-state index is 5.44. The van der Waals surface area contributed by atoms with Gasteiger partial charge in [0.05, 0.1) is 33.5 Å². The fraction of sp³-hybridized carbons (Fsp3) is 0. The van der Waals surface area contributed by atoms with E-state index in [0.717, 1.165) is 50.0 Å². The van der Waals surface area contributed by atoms with Gasteiger partial charge in [0.1, 0.15) is 0 Å². The van der Waals surface area contributed by atoms with E-state index in [-0.39, 0.29) is 0 Å². The second-order valence-corrected chi connectivity index (χ2v) is 13.3. The highest BCUT2D eigenvalue weighted by Crippen LogP contribution is 2.47. The van der Waals surface area contributed by atoms with Crippen LogP contribution in [0.15, 0.2) is 176 Å². The van der Waals surface area contributed by atoms with E-state index in [2.05, 4.69) is 174 Å². The van der Waals surface area contributed by atoms with Crippen LogP contribution >= 0.6 is 0 Å². The summed E-state index contributed by atoms with van der Waals surface area (Å²) in [4.78, 5) is 10.6. The number of hydrogen-bond acceptors (Lipinski definition) is 2. The van der Waals surface area contributed by atoms with E-state index in [0.29, 0.717) is 0 Å². The van der Waals surface area contributed by atoms with Gasteiger partial charge in [0.15, 0.2) is 0 Å². The van der Waals surface area contributed by atoms with Crippen LogP contribution in [0.5, 0.6) is 0 Å². The van der Waals surface area contributed by atoms with E-state index in [4.69, 9.17) is 9.97 Å².